The lowest BCUT2D eigenvalue weighted by atomic mass is 10.3. The summed E-state index contributed by atoms with van der Waals surface area (Å²) >= 11 is 0. The zero-order chi connectivity index (χ0) is 11.4. The largest absolute Gasteiger partial charge is 0.457 e. The van der Waals surface area contributed by atoms with Crippen LogP contribution in [0.5, 0.6) is 11.5 Å². The van der Waals surface area contributed by atoms with Crippen molar-refractivity contribution in [3.63, 3.8) is 0 Å². The zero-order valence-electron chi connectivity index (χ0n) is 8.24. The van der Waals surface area contributed by atoms with Gasteiger partial charge in [0.1, 0.15) is 17.7 Å². The van der Waals surface area contributed by atoms with E-state index < -0.39 is 4.92 Å². The summed E-state index contributed by atoms with van der Waals surface area (Å²) in [6.45, 7) is 0. The lowest BCUT2D eigenvalue weighted by Gasteiger charge is -2.03. The normalized spacial score (nSPS) is 9.75. The van der Waals surface area contributed by atoms with Gasteiger partial charge in [0.2, 0.25) is 0 Å². The highest BCUT2D eigenvalue weighted by atomic mass is 16.6. The number of benzene rings is 1. The fraction of sp³-hybridized carbons (Fsp3) is 0. The van der Waals surface area contributed by atoms with Gasteiger partial charge in [-0.1, -0.05) is 18.2 Å². The monoisotopic (exact) mass is 216 g/mol. The number of aromatic nitrogens is 1. The highest BCUT2D eigenvalue weighted by Crippen LogP contribution is 2.22. The maximum atomic E-state index is 10.5. The Balaban J connectivity index is 2.22. The van der Waals surface area contributed by atoms with Gasteiger partial charge in [0.05, 0.1) is 6.07 Å². The Morgan fingerprint density at radius 1 is 1.12 bits per heavy atom. The van der Waals surface area contributed by atoms with Crippen molar-refractivity contribution >= 4 is 5.82 Å². The molecule has 0 saturated heterocycles. The van der Waals surface area contributed by atoms with E-state index in [9.17, 15) is 10.1 Å². The van der Waals surface area contributed by atoms with Gasteiger partial charge < -0.3 is 14.9 Å². The van der Waals surface area contributed by atoms with Gasteiger partial charge in [-0.15, -0.1) is 0 Å². The van der Waals surface area contributed by atoms with Crippen molar-refractivity contribution in [2.75, 3.05) is 0 Å². The molecule has 0 bridgehead atoms. The third kappa shape index (κ3) is 2.33. The highest BCUT2D eigenvalue weighted by molar-refractivity contribution is 5.34. The van der Waals surface area contributed by atoms with E-state index in [4.69, 9.17) is 4.74 Å². The van der Waals surface area contributed by atoms with Crippen LogP contribution in [0.3, 0.4) is 0 Å². The summed E-state index contributed by atoms with van der Waals surface area (Å²) < 4.78 is 5.42. The van der Waals surface area contributed by atoms with Crippen molar-refractivity contribution in [1.29, 1.82) is 0 Å². The number of nitrogens with zero attached hydrogens (tertiary/aromatic N) is 2. The minimum absolute atomic E-state index is 0.228. The molecule has 2 aromatic rings. The van der Waals surface area contributed by atoms with Gasteiger partial charge in [-0.25, -0.2) is 0 Å². The van der Waals surface area contributed by atoms with Gasteiger partial charge in [-0.05, 0) is 22.0 Å². The van der Waals surface area contributed by atoms with E-state index in [0.29, 0.717) is 11.5 Å². The first-order valence-corrected chi connectivity index (χ1v) is 4.59. The summed E-state index contributed by atoms with van der Waals surface area (Å²) in [5, 5.41) is 10.5. The lowest BCUT2D eigenvalue weighted by Crippen LogP contribution is -1.92. The Hall–Kier alpha value is -2.43. The van der Waals surface area contributed by atoms with Crippen LogP contribution in [0.15, 0.2) is 48.7 Å². The number of ether oxygens (including phenoxy) is 1. The second-order valence-electron chi connectivity index (χ2n) is 3.02. The van der Waals surface area contributed by atoms with E-state index in [0.717, 1.165) is 0 Å². The van der Waals surface area contributed by atoms with Crippen molar-refractivity contribution in [3.05, 3.63) is 58.8 Å². The van der Waals surface area contributed by atoms with Gasteiger partial charge in [0.25, 0.3) is 0 Å². The molecule has 0 radical (unpaired) electrons. The summed E-state index contributed by atoms with van der Waals surface area (Å²) in [7, 11) is 0. The van der Waals surface area contributed by atoms with Crippen LogP contribution in [0.25, 0.3) is 0 Å². The van der Waals surface area contributed by atoms with Gasteiger partial charge in [-0.3, -0.25) is 0 Å². The van der Waals surface area contributed by atoms with Crippen molar-refractivity contribution in [3.8, 4) is 11.5 Å². The Labute approximate surface area is 91.5 Å². The van der Waals surface area contributed by atoms with E-state index in [2.05, 4.69) is 4.98 Å². The van der Waals surface area contributed by atoms with Crippen molar-refractivity contribution in [1.82, 2.24) is 4.98 Å². The minimum atomic E-state index is -0.558. The van der Waals surface area contributed by atoms with Crippen LogP contribution in [0.1, 0.15) is 0 Å². The summed E-state index contributed by atoms with van der Waals surface area (Å²) in [6, 6.07) is 11.9. The van der Waals surface area contributed by atoms with E-state index >= 15 is 0 Å². The predicted molar refractivity (Wildman–Crippen MR) is 57.4 cm³/mol. The molecule has 0 aliphatic rings. The molecule has 80 valence electrons. The van der Waals surface area contributed by atoms with E-state index in [1.54, 1.807) is 18.2 Å². The van der Waals surface area contributed by atoms with Gasteiger partial charge >= 0.3 is 5.82 Å². The van der Waals surface area contributed by atoms with E-state index in [-0.39, 0.29) is 5.82 Å². The van der Waals surface area contributed by atoms with Gasteiger partial charge in [0.15, 0.2) is 0 Å². The third-order valence-corrected chi connectivity index (χ3v) is 1.88. The molecule has 1 heterocycles. The van der Waals surface area contributed by atoms with Crippen molar-refractivity contribution in [2.24, 2.45) is 0 Å². The van der Waals surface area contributed by atoms with Crippen LogP contribution >= 0.6 is 0 Å². The number of pyridine rings is 1. The van der Waals surface area contributed by atoms with Crippen LogP contribution in [0, 0.1) is 10.1 Å². The number of nitro groups is 1. The Morgan fingerprint density at radius 2 is 1.88 bits per heavy atom. The average Bonchev–Trinajstić information content (AvgIpc) is 2.30. The molecule has 5 nitrogen and oxygen atoms in total. The maximum absolute atomic E-state index is 10.5. The molecule has 0 aliphatic heterocycles. The van der Waals surface area contributed by atoms with Crippen LogP contribution in [-0.4, -0.2) is 9.91 Å². The molecule has 0 unspecified atom stereocenters. The number of rotatable bonds is 3. The molecule has 1 aromatic carbocycles. The molecule has 0 aliphatic carbocycles. The summed E-state index contributed by atoms with van der Waals surface area (Å²) in [6.07, 6.45) is 1.34. The smallest absolute Gasteiger partial charge is 0.367 e. The molecular formula is C11H8N2O3. The van der Waals surface area contributed by atoms with Gasteiger partial charge in [0, 0.05) is 6.07 Å². The second-order valence-corrected chi connectivity index (χ2v) is 3.02. The van der Waals surface area contributed by atoms with Crippen LogP contribution in [-0.2, 0) is 0 Å². The summed E-state index contributed by atoms with van der Waals surface area (Å²) in [5.41, 5.74) is 0. The molecule has 0 N–H and O–H groups in total. The lowest BCUT2D eigenvalue weighted by molar-refractivity contribution is -0.389. The minimum Gasteiger partial charge on any atom is -0.457 e. The maximum Gasteiger partial charge on any atom is 0.367 e. The molecular weight excluding hydrogens is 208 g/mol. The number of hydrogen-bond acceptors (Lipinski definition) is 4. The Kier molecular flexibility index (Phi) is 2.77. The quantitative estimate of drug-likeness (QED) is 0.584. The van der Waals surface area contributed by atoms with Crippen LogP contribution in [0.2, 0.25) is 0 Å². The molecule has 2 rings (SSSR count). The number of hydrogen-bond donors (Lipinski definition) is 0. The SMILES string of the molecule is O=[N+]([O-])c1cc(Oc2ccccc2)ccn1. The molecule has 16 heavy (non-hydrogen) atoms. The molecule has 0 atom stereocenters. The standard InChI is InChI=1S/C11H8N2O3/c14-13(15)11-8-10(6-7-12-11)16-9-4-2-1-3-5-9/h1-8H. The average molecular weight is 216 g/mol. The zero-order valence-corrected chi connectivity index (χ0v) is 8.24. The topological polar surface area (TPSA) is 65.3 Å². The summed E-state index contributed by atoms with van der Waals surface area (Å²) in [4.78, 5) is 13.5. The van der Waals surface area contributed by atoms with Crippen LogP contribution < -0.4 is 4.74 Å². The molecule has 1 aromatic heterocycles. The molecule has 0 fully saturated rings. The first-order chi connectivity index (χ1) is 7.75. The number of para-hydroxylation sites is 1. The molecule has 0 amide bonds. The van der Waals surface area contributed by atoms with Crippen molar-refractivity contribution in [2.45, 2.75) is 0 Å². The first kappa shape index (κ1) is 10.1. The van der Waals surface area contributed by atoms with Crippen LogP contribution in [0.4, 0.5) is 5.82 Å². The van der Waals surface area contributed by atoms with Gasteiger partial charge in [-0.2, -0.15) is 0 Å². The third-order valence-electron chi connectivity index (χ3n) is 1.88. The van der Waals surface area contributed by atoms with Crippen molar-refractivity contribution < 1.29 is 9.66 Å². The molecule has 5 heteroatoms. The molecule has 0 spiro atoms. The van der Waals surface area contributed by atoms with E-state index in [1.165, 1.54) is 12.3 Å². The fourth-order valence-corrected chi connectivity index (χ4v) is 1.19. The Morgan fingerprint density at radius 3 is 2.56 bits per heavy atom. The second kappa shape index (κ2) is 4.39. The molecule has 0 saturated carbocycles. The fourth-order valence-electron chi connectivity index (χ4n) is 1.19. The first-order valence-electron chi connectivity index (χ1n) is 4.59. The summed E-state index contributed by atoms with van der Waals surface area (Å²) in [5.74, 6) is 0.796. The van der Waals surface area contributed by atoms with E-state index in [1.807, 2.05) is 18.2 Å². The Bertz CT molecular complexity index is 500. The highest BCUT2D eigenvalue weighted by Gasteiger charge is 2.08. The predicted octanol–water partition coefficient (Wildman–Crippen LogP) is 2.78.